The molecule has 266 valence electrons. The van der Waals surface area contributed by atoms with Crippen molar-refractivity contribution in [3.63, 3.8) is 0 Å². The highest BCUT2D eigenvalue weighted by Gasteiger charge is 2.22. The lowest BCUT2D eigenvalue weighted by Crippen LogP contribution is -2.00. The van der Waals surface area contributed by atoms with Crippen molar-refractivity contribution in [1.29, 1.82) is 0 Å². The van der Waals surface area contributed by atoms with Gasteiger partial charge in [0.25, 0.3) is 0 Å². The van der Waals surface area contributed by atoms with E-state index in [-0.39, 0.29) is 5.82 Å². The van der Waals surface area contributed by atoms with Crippen LogP contribution in [0.25, 0.3) is 120 Å². The minimum atomic E-state index is -0.271. The number of furan rings is 1. The Hall–Kier alpha value is -7.28. The Bertz CT molecular complexity index is 3610. The average Bonchev–Trinajstić information content (AvgIpc) is 3.85. The predicted octanol–water partition coefficient (Wildman–Crippen LogP) is 14.4. The minimum absolute atomic E-state index is 0.271. The first-order valence-electron chi connectivity index (χ1n) is 18.9. The zero-order valence-electron chi connectivity index (χ0n) is 30.2. The summed E-state index contributed by atoms with van der Waals surface area (Å²) in [7, 11) is 0. The monoisotopic (exact) mass is 749 g/mol. The maximum Gasteiger partial charge on any atom is 0.165 e. The quantitative estimate of drug-likeness (QED) is 0.180. The largest absolute Gasteiger partial charge is 0.455 e. The SMILES string of the molecule is Fc1ccc(-c2cc3c(oc4cccc(-c5nc(-c6ccc7ccccc7c6)nc(-c6cccc7c6sc6ccc8ccccc8c67)n5)c43)c3ccccc23)cc1. The van der Waals surface area contributed by atoms with Crippen molar-refractivity contribution in [2.75, 3.05) is 0 Å². The number of rotatable bonds is 4. The lowest BCUT2D eigenvalue weighted by molar-refractivity contribution is 0.628. The van der Waals surface area contributed by atoms with Gasteiger partial charge in [0, 0.05) is 53.0 Å². The predicted molar refractivity (Wildman–Crippen MR) is 234 cm³/mol. The van der Waals surface area contributed by atoms with Crippen LogP contribution in [0.5, 0.6) is 0 Å². The number of halogens is 1. The molecule has 0 aliphatic heterocycles. The summed E-state index contributed by atoms with van der Waals surface area (Å²) in [6.45, 7) is 0. The second kappa shape index (κ2) is 12.4. The summed E-state index contributed by atoms with van der Waals surface area (Å²) in [4.78, 5) is 15.8. The Labute approximate surface area is 329 Å². The molecule has 0 saturated heterocycles. The lowest BCUT2D eigenvalue weighted by Gasteiger charge is -2.11. The van der Waals surface area contributed by atoms with Gasteiger partial charge in [-0.25, -0.2) is 19.3 Å². The van der Waals surface area contributed by atoms with Crippen LogP contribution in [0.1, 0.15) is 0 Å². The molecule has 57 heavy (non-hydrogen) atoms. The second-order valence-corrected chi connectivity index (χ2v) is 15.5. The van der Waals surface area contributed by atoms with E-state index in [1.165, 1.54) is 38.4 Å². The fraction of sp³-hybridized carbons (Fsp3) is 0. The molecule has 9 aromatic carbocycles. The molecule has 0 spiro atoms. The van der Waals surface area contributed by atoms with Crippen LogP contribution >= 0.6 is 11.3 Å². The Balaban J connectivity index is 1.15. The standard InChI is InChI=1S/C51H28FN3OS/c52-34-24-21-31(22-25-34)41-28-42-45-39(16-8-18-43(45)56-47(42)37-14-6-5-13-36(37)41)50-53-49(33-20-19-29-9-1-2-11-32(29)27-33)54-51(55-50)40-17-7-15-38-46-35-12-4-3-10-30(35)23-26-44(46)57-48(38)40/h1-28H. The molecule has 4 nitrogen and oxygen atoms in total. The van der Waals surface area contributed by atoms with Gasteiger partial charge < -0.3 is 4.42 Å². The van der Waals surface area contributed by atoms with E-state index in [2.05, 4.69) is 121 Å². The third kappa shape index (κ3) is 5.01. The van der Waals surface area contributed by atoms with Crippen LogP contribution in [0.4, 0.5) is 4.39 Å². The van der Waals surface area contributed by atoms with Crippen LogP contribution in [0.15, 0.2) is 174 Å². The molecule has 0 radical (unpaired) electrons. The summed E-state index contributed by atoms with van der Waals surface area (Å²) >= 11 is 1.77. The van der Waals surface area contributed by atoms with Crippen LogP contribution in [-0.2, 0) is 0 Å². The average molecular weight is 750 g/mol. The molecule has 0 aliphatic carbocycles. The Morgan fingerprint density at radius 3 is 1.93 bits per heavy atom. The summed E-state index contributed by atoms with van der Waals surface area (Å²) in [5.74, 6) is 1.47. The van der Waals surface area contributed by atoms with Crippen LogP contribution in [0, 0.1) is 5.82 Å². The zero-order chi connectivity index (χ0) is 37.6. The number of aromatic nitrogens is 3. The fourth-order valence-electron chi connectivity index (χ4n) is 8.52. The van der Waals surface area contributed by atoms with Gasteiger partial charge in [0.15, 0.2) is 17.5 Å². The third-order valence-corrected chi connectivity index (χ3v) is 12.4. The number of hydrogen-bond donors (Lipinski definition) is 0. The second-order valence-electron chi connectivity index (χ2n) is 14.4. The molecule has 0 aliphatic rings. The van der Waals surface area contributed by atoms with Gasteiger partial charge in [-0.2, -0.15) is 0 Å². The van der Waals surface area contributed by atoms with Crippen LogP contribution < -0.4 is 0 Å². The molecule has 0 unspecified atom stereocenters. The van der Waals surface area contributed by atoms with Crippen molar-refractivity contribution >= 4 is 85.8 Å². The summed E-state index contributed by atoms with van der Waals surface area (Å²) < 4.78 is 23.2. The number of hydrogen-bond acceptors (Lipinski definition) is 5. The van der Waals surface area contributed by atoms with E-state index >= 15 is 0 Å². The van der Waals surface area contributed by atoms with Crippen molar-refractivity contribution in [3.05, 3.63) is 176 Å². The van der Waals surface area contributed by atoms with Gasteiger partial charge >= 0.3 is 0 Å². The first-order valence-corrected chi connectivity index (χ1v) is 19.7. The molecule has 3 heterocycles. The number of benzene rings is 9. The van der Waals surface area contributed by atoms with Crippen molar-refractivity contribution in [2.45, 2.75) is 0 Å². The van der Waals surface area contributed by atoms with Crippen LogP contribution in [0.3, 0.4) is 0 Å². The van der Waals surface area contributed by atoms with Gasteiger partial charge in [0.2, 0.25) is 0 Å². The molecule has 0 N–H and O–H groups in total. The van der Waals surface area contributed by atoms with E-state index in [1.54, 1.807) is 11.3 Å². The van der Waals surface area contributed by atoms with Crippen molar-refractivity contribution in [1.82, 2.24) is 15.0 Å². The molecule has 0 atom stereocenters. The topological polar surface area (TPSA) is 51.8 Å². The van der Waals surface area contributed by atoms with E-state index < -0.39 is 0 Å². The molecular weight excluding hydrogens is 722 g/mol. The molecule has 12 aromatic rings. The van der Waals surface area contributed by atoms with Gasteiger partial charge in [-0.3, -0.25) is 0 Å². The maximum atomic E-state index is 14.1. The zero-order valence-corrected chi connectivity index (χ0v) is 31.0. The third-order valence-electron chi connectivity index (χ3n) is 11.2. The molecule has 0 bridgehead atoms. The number of fused-ring (bicyclic) bond motifs is 11. The normalized spacial score (nSPS) is 11.9. The molecular formula is C51H28FN3OS. The molecule has 3 aromatic heterocycles. The van der Waals surface area contributed by atoms with Gasteiger partial charge in [-0.1, -0.05) is 127 Å². The molecule has 0 fully saturated rings. The van der Waals surface area contributed by atoms with E-state index in [0.29, 0.717) is 17.5 Å². The first kappa shape index (κ1) is 32.0. The Morgan fingerprint density at radius 1 is 0.421 bits per heavy atom. The highest BCUT2D eigenvalue weighted by atomic mass is 32.1. The highest BCUT2D eigenvalue weighted by molar-refractivity contribution is 7.26. The highest BCUT2D eigenvalue weighted by Crippen LogP contribution is 2.45. The summed E-state index contributed by atoms with van der Waals surface area (Å²) in [6, 6.07) is 57.3. The molecule has 0 saturated carbocycles. The van der Waals surface area contributed by atoms with Crippen molar-refractivity contribution in [3.8, 4) is 45.3 Å². The summed E-state index contributed by atoms with van der Waals surface area (Å²) in [5, 5.41) is 11.0. The van der Waals surface area contributed by atoms with Gasteiger partial charge in [-0.05, 0) is 80.5 Å². The Morgan fingerprint density at radius 2 is 1.07 bits per heavy atom. The molecule has 6 heteroatoms. The summed E-state index contributed by atoms with van der Waals surface area (Å²) in [5.41, 5.74) is 6.13. The van der Waals surface area contributed by atoms with E-state index in [9.17, 15) is 4.39 Å². The van der Waals surface area contributed by atoms with Gasteiger partial charge in [0.1, 0.15) is 17.0 Å². The van der Waals surface area contributed by atoms with Gasteiger partial charge in [-0.15, -0.1) is 11.3 Å². The van der Waals surface area contributed by atoms with E-state index in [4.69, 9.17) is 19.4 Å². The van der Waals surface area contributed by atoms with Crippen LogP contribution in [0.2, 0.25) is 0 Å². The smallest absolute Gasteiger partial charge is 0.165 e. The molecule has 0 amide bonds. The lowest BCUT2D eigenvalue weighted by atomic mass is 9.94. The minimum Gasteiger partial charge on any atom is -0.455 e. The van der Waals surface area contributed by atoms with Crippen LogP contribution in [-0.4, -0.2) is 15.0 Å². The van der Waals surface area contributed by atoms with E-state index in [1.807, 2.05) is 36.4 Å². The number of thiophene rings is 1. The summed E-state index contributed by atoms with van der Waals surface area (Å²) in [6.07, 6.45) is 0. The van der Waals surface area contributed by atoms with Crippen molar-refractivity contribution < 1.29 is 8.81 Å². The number of nitrogens with zero attached hydrogens (tertiary/aromatic N) is 3. The Kier molecular flexibility index (Phi) is 6.94. The van der Waals surface area contributed by atoms with E-state index in [0.717, 1.165) is 76.0 Å². The molecule has 12 rings (SSSR count). The first-order chi connectivity index (χ1) is 28.1. The fourth-order valence-corrected chi connectivity index (χ4v) is 9.75. The van der Waals surface area contributed by atoms with Crippen molar-refractivity contribution in [2.24, 2.45) is 0 Å². The maximum absolute atomic E-state index is 14.1. The van der Waals surface area contributed by atoms with Gasteiger partial charge in [0.05, 0.1) is 0 Å².